The summed E-state index contributed by atoms with van der Waals surface area (Å²) in [6, 6.07) is -1.06. The third-order valence-electron chi connectivity index (χ3n) is 9.52. The van der Waals surface area contributed by atoms with E-state index in [1.807, 2.05) is 6.08 Å². The lowest BCUT2D eigenvalue weighted by molar-refractivity contribution is -0.160. The van der Waals surface area contributed by atoms with E-state index in [0.717, 1.165) is 44.9 Å². The number of amides is 1. The van der Waals surface area contributed by atoms with E-state index in [2.05, 4.69) is 31.8 Å². The maximum atomic E-state index is 12.6. The predicted octanol–water partition coefficient (Wildman–Crippen LogP) is 3.71. The van der Waals surface area contributed by atoms with Crippen LogP contribution >= 0.6 is 12.6 Å². The molecule has 0 bridgehead atoms. The summed E-state index contributed by atoms with van der Waals surface area (Å²) in [7, 11) is 0. The number of hydrogen-bond acceptors (Lipinski definition) is 6. The van der Waals surface area contributed by atoms with Crippen LogP contribution in [0.1, 0.15) is 78.1 Å². The van der Waals surface area contributed by atoms with Gasteiger partial charge in [0, 0.05) is 24.0 Å². The lowest BCUT2D eigenvalue weighted by Crippen LogP contribution is -2.51. The molecule has 4 rings (SSSR count). The number of thiol groups is 1. The summed E-state index contributed by atoms with van der Waals surface area (Å²) in [5.41, 5.74) is 1.43. The Morgan fingerprint density at radius 1 is 1.12 bits per heavy atom. The second-order valence-electron chi connectivity index (χ2n) is 11.2. The summed E-state index contributed by atoms with van der Waals surface area (Å²) in [5, 5.41) is 11.4. The van der Waals surface area contributed by atoms with Crippen molar-refractivity contribution in [1.29, 1.82) is 0 Å². The number of carbonyl (C=O) groups excluding carboxylic acids is 3. The van der Waals surface area contributed by atoms with Crippen LogP contribution in [0.3, 0.4) is 0 Å². The molecule has 2 N–H and O–H groups in total. The van der Waals surface area contributed by atoms with Gasteiger partial charge in [0.25, 0.3) is 0 Å². The van der Waals surface area contributed by atoms with Gasteiger partial charge in [-0.05, 0) is 74.2 Å². The van der Waals surface area contributed by atoms with E-state index in [4.69, 9.17) is 9.84 Å². The Balaban J connectivity index is 1.35. The summed E-state index contributed by atoms with van der Waals surface area (Å²) >= 11 is 3.93. The molecule has 7 atom stereocenters. The molecule has 0 spiro atoms. The van der Waals surface area contributed by atoms with Gasteiger partial charge in [0.15, 0.2) is 5.78 Å². The van der Waals surface area contributed by atoms with E-state index >= 15 is 0 Å². The Labute approximate surface area is 206 Å². The summed E-state index contributed by atoms with van der Waals surface area (Å²) in [5.74, 6) is -0.0724. The molecule has 0 aromatic rings. The van der Waals surface area contributed by atoms with Crippen LogP contribution in [0, 0.1) is 28.6 Å². The van der Waals surface area contributed by atoms with Gasteiger partial charge < -0.3 is 15.2 Å². The zero-order valence-corrected chi connectivity index (χ0v) is 21.1. The highest BCUT2D eigenvalue weighted by molar-refractivity contribution is 7.80. The Morgan fingerprint density at radius 2 is 1.88 bits per heavy atom. The second-order valence-corrected chi connectivity index (χ2v) is 11.6. The first-order valence-corrected chi connectivity index (χ1v) is 13.3. The predicted molar refractivity (Wildman–Crippen MR) is 129 cm³/mol. The zero-order chi connectivity index (χ0) is 24.7. The van der Waals surface area contributed by atoms with E-state index in [9.17, 15) is 19.2 Å². The fourth-order valence-electron chi connectivity index (χ4n) is 7.59. The fourth-order valence-corrected chi connectivity index (χ4v) is 7.84. The highest BCUT2D eigenvalue weighted by Gasteiger charge is 2.59. The molecule has 3 fully saturated rings. The minimum atomic E-state index is -1.15. The average molecular weight is 492 g/mol. The van der Waals surface area contributed by atoms with Crippen LogP contribution in [0.5, 0.6) is 0 Å². The normalized spacial score (nSPS) is 37.5. The molecular formula is C26H37NO6S. The Kier molecular flexibility index (Phi) is 7.19. The summed E-state index contributed by atoms with van der Waals surface area (Å²) in [4.78, 5) is 47.7. The first-order chi connectivity index (χ1) is 16.1. The van der Waals surface area contributed by atoms with Crippen LogP contribution < -0.4 is 5.32 Å². The molecule has 0 aromatic carbocycles. The second kappa shape index (κ2) is 9.67. The number of carboxylic acids is 1. The minimum absolute atomic E-state index is 0.0118. The maximum absolute atomic E-state index is 12.6. The molecular weight excluding hydrogens is 454 g/mol. The number of fused-ring (bicyclic) bond motifs is 5. The standard InChI is InChI=1S/C26H37NO6S/c1-25-11-9-16(28)13-15(25)3-4-17-18-5-6-21(26(18,2)12-10-19(17)25)33-23(30)8-7-22(29)27-20(14-34)24(31)32/h13,17-21,34H,3-12,14H2,1-2H3,(H,27,29)(H,31,32)/t17-,18-,19-,20+,21-,25+,26+/m1/s1. The molecule has 4 aliphatic carbocycles. The number of carbonyl (C=O) groups is 4. The number of aliphatic carboxylic acids is 1. The van der Waals surface area contributed by atoms with Crippen molar-refractivity contribution < 1.29 is 29.0 Å². The van der Waals surface area contributed by atoms with Gasteiger partial charge >= 0.3 is 11.9 Å². The highest BCUT2D eigenvalue weighted by Crippen LogP contribution is 2.65. The largest absolute Gasteiger partial charge is 0.480 e. The van der Waals surface area contributed by atoms with Crippen molar-refractivity contribution in [1.82, 2.24) is 5.32 Å². The van der Waals surface area contributed by atoms with Crippen LogP contribution in [0.2, 0.25) is 0 Å². The van der Waals surface area contributed by atoms with E-state index in [-0.39, 0.29) is 41.3 Å². The first-order valence-electron chi connectivity index (χ1n) is 12.6. The van der Waals surface area contributed by atoms with E-state index < -0.39 is 23.9 Å². The number of hydrogen-bond donors (Lipinski definition) is 3. The summed E-state index contributed by atoms with van der Waals surface area (Å²) < 4.78 is 5.93. The van der Waals surface area contributed by atoms with Crippen molar-refractivity contribution in [3.8, 4) is 0 Å². The molecule has 3 saturated carbocycles. The van der Waals surface area contributed by atoms with E-state index in [1.54, 1.807) is 0 Å². The Morgan fingerprint density at radius 3 is 2.59 bits per heavy atom. The van der Waals surface area contributed by atoms with Crippen LogP contribution in [-0.4, -0.2) is 46.6 Å². The van der Waals surface area contributed by atoms with Gasteiger partial charge in [0.1, 0.15) is 12.1 Å². The minimum Gasteiger partial charge on any atom is -0.480 e. The summed E-state index contributed by atoms with van der Waals surface area (Å²) in [6.45, 7) is 4.64. The Bertz CT molecular complexity index is 902. The first kappa shape index (κ1) is 25.3. The monoisotopic (exact) mass is 491 g/mol. The summed E-state index contributed by atoms with van der Waals surface area (Å²) in [6.07, 6.45) is 9.34. The number of carboxylic acid groups (broad SMARTS) is 1. The van der Waals surface area contributed by atoms with E-state index in [0.29, 0.717) is 24.2 Å². The van der Waals surface area contributed by atoms with Crippen molar-refractivity contribution >= 4 is 36.3 Å². The van der Waals surface area contributed by atoms with Crippen LogP contribution in [0.4, 0.5) is 0 Å². The number of allylic oxidation sites excluding steroid dienone is 1. The SMILES string of the molecule is C[C@]12CC[C@@H]3[C@H](CCC4=CC(=O)CC[C@@]43C)[C@H]1CC[C@H]2OC(=O)CCC(=O)N[C@@H](CS)C(=O)O. The van der Waals surface area contributed by atoms with Gasteiger partial charge in [-0.1, -0.05) is 19.4 Å². The van der Waals surface area contributed by atoms with E-state index in [1.165, 1.54) is 5.57 Å². The van der Waals surface area contributed by atoms with Crippen molar-refractivity contribution in [3.05, 3.63) is 11.6 Å². The number of nitrogens with one attached hydrogen (secondary N) is 1. The number of ether oxygens (including phenoxy) is 1. The smallest absolute Gasteiger partial charge is 0.327 e. The number of ketones is 1. The quantitative estimate of drug-likeness (QED) is 0.370. The molecule has 0 aliphatic heterocycles. The van der Waals surface area contributed by atoms with Gasteiger partial charge in [-0.25, -0.2) is 4.79 Å². The number of rotatable bonds is 7. The van der Waals surface area contributed by atoms with Gasteiger partial charge in [-0.2, -0.15) is 12.6 Å². The molecule has 188 valence electrons. The molecule has 0 aromatic heterocycles. The molecule has 0 unspecified atom stereocenters. The maximum Gasteiger partial charge on any atom is 0.327 e. The van der Waals surface area contributed by atoms with Crippen LogP contribution in [0.25, 0.3) is 0 Å². The molecule has 0 radical (unpaired) electrons. The molecule has 7 nitrogen and oxygen atoms in total. The third-order valence-corrected chi connectivity index (χ3v) is 9.89. The zero-order valence-electron chi connectivity index (χ0n) is 20.2. The number of esters is 1. The third kappa shape index (κ3) is 4.54. The lowest BCUT2D eigenvalue weighted by Gasteiger charge is -2.57. The lowest BCUT2D eigenvalue weighted by atomic mass is 9.47. The molecule has 0 heterocycles. The topological polar surface area (TPSA) is 110 Å². The molecule has 8 heteroatoms. The fraction of sp³-hybridized carbons (Fsp3) is 0.769. The highest BCUT2D eigenvalue weighted by atomic mass is 32.1. The van der Waals surface area contributed by atoms with Crippen LogP contribution in [-0.2, 0) is 23.9 Å². The molecule has 34 heavy (non-hydrogen) atoms. The van der Waals surface area contributed by atoms with Crippen LogP contribution in [0.15, 0.2) is 11.6 Å². The van der Waals surface area contributed by atoms with Gasteiger partial charge in [-0.15, -0.1) is 0 Å². The molecule has 4 aliphatic rings. The average Bonchev–Trinajstić information content (AvgIpc) is 3.12. The Hall–Kier alpha value is -1.83. The van der Waals surface area contributed by atoms with Gasteiger partial charge in [-0.3, -0.25) is 14.4 Å². The van der Waals surface area contributed by atoms with Gasteiger partial charge in [0.05, 0.1) is 6.42 Å². The van der Waals surface area contributed by atoms with Crippen molar-refractivity contribution in [3.63, 3.8) is 0 Å². The molecule has 1 amide bonds. The van der Waals surface area contributed by atoms with Gasteiger partial charge in [0.2, 0.25) is 5.91 Å². The van der Waals surface area contributed by atoms with Crippen molar-refractivity contribution in [2.75, 3.05) is 5.75 Å². The van der Waals surface area contributed by atoms with Crippen molar-refractivity contribution in [2.45, 2.75) is 90.2 Å². The van der Waals surface area contributed by atoms with Crippen molar-refractivity contribution in [2.24, 2.45) is 28.6 Å². The molecule has 0 saturated heterocycles.